The van der Waals surface area contributed by atoms with Crippen LogP contribution in [0.25, 0.3) is 0 Å². The lowest BCUT2D eigenvalue weighted by Crippen LogP contribution is -2.22. The SMILES string of the molecule is O=C(NCc1ccc(NC(=O)c2ccccc2Br)cc1)c1cccnc1. The van der Waals surface area contributed by atoms with E-state index in [2.05, 4.69) is 31.5 Å². The molecule has 1 aromatic heterocycles. The maximum atomic E-state index is 12.3. The van der Waals surface area contributed by atoms with E-state index in [0.29, 0.717) is 23.4 Å². The largest absolute Gasteiger partial charge is 0.348 e. The summed E-state index contributed by atoms with van der Waals surface area (Å²) in [5.74, 6) is -0.362. The summed E-state index contributed by atoms with van der Waals surface area (Å²) in [6.07, 6.45) is 3.15. The van der Waals surface area contributed by atoms with E-state index in [1.165, 1.54) is 6.20 Å². The summed E-state index contributed by atoms with van der Waals surface area (Å²) < 4.78 is 0.743. The number of pyridine rings is 1. The standard InChI is InChI=1S/C20H16BrN3O2/c21-18-6-2-1-5-17(18)20(26)24-16-9-7-14(8-10-16)12-23-19(25)15-4-3-11-22-13-15/h1-11,13H,12H2,(H,23,25)(H,24,26). The molecule has 0 spiro atoms. The Morgan fingerprint density at radius 3 is 2.38 bits per heavy atom. The molecule has 0 aliphatic heterocycles. The molecule has 0 unspecified atom stereocenters. The number of carbonyl (C=O) groups is 2. The molecule has 2 amide bonds. The van der Waals surface area contributed by atoms with Gasteiger partial charge in [-0.05, 0) is 57.9 Å². The van der Waals surface area contributed by atoms with E-state index in [4.69, 9.17) is 0 Å². The Kier molecular flexibility index (Phi) is 5.76. The number of halogens is 1. The van der Waals surface area contributed by atoms with Crippen molar-refractivity contribution >= 4 is 33.4 Å². The summed E-state index contributed by atoms with van der Waals surface area (Å²) in [5.41, 5.74) is 2.71. The molecule has 0 bridgehead atoms. The zero-order valence-corrected chi connectivity index (χ0v) is 15.4. The first-order valence-corrected chi connectivity index (χ1v) is 8.76. The minimum atomic E-state index is -0.185. The molecule has 3 aromatic rings. The summed E-state index contributed by atoms with van der Waals surface area (Å²) >= 11 is 3.37. The van der Waals surface area contributed by atoms with Gasteiger partial charge in [-0.15, -0.1) is 0 Å². The van der Waals surface area contributed by atoms with Gasteiger partial charge in [0.15, 0.2) is 0 Å². The minimum Gasteiger partial charge on any atom is -0.348 e. The number of hydrogen-bond donors (Lipinski definition) is 2. The summed E-state index contributed by atoms with van der Waals surface area (Å²) in [6.45, 7) is 0.395. The van der Waals surface area contributed by atoms with Crippen LogP contribution in [0, 0.1) is 0 Å². The van der Waals surface area contributed by atoms with Gasteiger partial charge in [0.1, 0.15) is 0 Å². The van der Waals surface area contributed by atoms with Gasteiger partial charge in [0.2, 0.25) is 0 Å². The first kappa shape index (κ1) is 17.8. The van der Waals surface area contributed by atoms with Crippen molar-refractivity contribution in [2.45, 2.75) is 6.54 Å². The van der Waals surface area contributed by atoms with Crippen LogP contribution in [-0.4, -0.2) is 16.8 Å². The number of aromatic nitrogens is 1. The average Bonchev–Trinajstić information content (AvgIpc) is 2.68. The van der Waals surface area contributed by atoms with Crippen LogP contribution < -0.4 is 10.6 Å². The Hall–Kier alpha value is -2.99. The van der Waals surface area contributed by atoms with Gasteiger partial charge in [0.25, 0.3) is 11.8 Å². The number of benzene rings is 2. The Balaban J connectivity index is 1.58. The highest BCUT2D eigenvalue weighted by Crippen LogP contribution is 2.18. The van der Waals surface area contributed by atoms with Crippen LogP contribution in [0.15, 0.2) is 77.5 Å². The van der Waals surface area contributed by atoms with Gasteiger partial charge in [-0.25, -0.2) is 0 Å². The number of hydrogen-bond acceptors (Lipinski definition) is 3. The van der Waals surface area contributed by atoms with Crippen LogP contribution in [0.5, 0.6) is 0 Å². The van der Waals surface area contributed by atoms with Gasteiger partial charge in [-0.3, -0.25) is 14.6 Å². The highest BCUT2D eigenvalue weighted by Gasteiger charge is 2.09. The smallest absolute Gasteiger partial charge is 0.256 e. The van der Waals surface area contributed by atoms with E-state index < -0.39 is 0 Å². The van der Waals surface area contributed by atoms with E-state index in [-0.39, 0.29) is 11.8 Å². The maximum Gasteiger partial charge on any atom is 0.256 e. The predicted molar refractivity (Wildman–Crippen MR) is 104 cm³/mol. The lowest BCUT2D eigenvalue weighted by atomic mass is 10.1. The van der Waals surface area contributed by atoms with E-state index in [1.54, 1.807) is 36.5 Å². The molecule has 0 radical (unpaired) electrons. The fourth-order valence-corrected chi connectivity index (χ4v) is 2.80. The van der Waals surface area contributed by atoms with Gasteiger partial charge in [0.05, 0.1) is 11.1 Å². The summed E-state index contributed by atoms with van der Waals surface area (Å²) in [6, 6.07) is 18.0. The Morgan fingerprint density at radius 2 is 1.69 bits per heavy atom. The van der Waals surface area contributed by atoms with Crippen LogP contribution in [0.2, 0.25) is 0 Å². The fourth-order valence-electron chi connectivity index (χ4n) is 2.33. The molecule has 0 saturated heterocycles. The van der Waals surface area contributed by atoms with E-state index in [9.17, 15) is 9.59 Å². The second kappa shape index (κ2) is 8.40. The second-order valence-corrected chi connectivity index (χ2v) is 6.41. The third-order valence-electron chi connectivity index (χ3n) is 3.71. The van der Waals surface area contributed by atoms with Gasteiger partial charge in [-0.1, -0.05) is 24.3 Å². The van der Waals surface area contributed by atoms with Crippen molar-refractivity contribution in [3.05, 3.63) is 94.2 Å². The maximum absolute atomic E-state index is 12.3. The molecule has 0 fully saturated rings. The minimum absolute atomic E-state index is 0.176. The van der Waals surface area contributed by atoms with Gasteiger partial charge in [0, 0.05) is 29.1 Å². The number of amides is 2. The molecule has 5 nitrogen and oxygen atoms in total. The Bertz CT molecular complexity index is 912. The van der Waals surface area contributed by atoms with Crippen molar-refractivity contribution in [2.24, 2.45) is 0 Å². The number of nitrogens with one attached hydrogen (secondary N) is 2. The van der Waals surface area contributed by atoms with Crippen molar-refractivity contribution < 1.29 is 9.59 Å². The van der Waals surface area contributed by atoms with Crippen molar-refractivity contribution in [3.63, 3.8) is 0 Å². The molecular formula is C20H16BrN3O2. The van der Waals surface area contributed by atoms with Gasteiger partial charge in [-0.2, -0.15) is 0 Å². The lowest BCUT2D eigenvalue weighted by Gasteiger charge is -2.09. The summed E-state index contributed by atoms with van der Waals surface area (Å²) in [4.78, 5) is 28.2. The first-order valence-electron chi connectivity index (χ1n) is 7.96. The molecule has 6 heteroatoms. The quantitative estimate of drug-likeness (QED) is 0.668. The zero-order chi connectivity index (χ0) is 18.4. The van der Waals surface area contributed by atoms with Crippen molar-refractivity contribution in [2.75, 3.05) is 5.32 Å². The highest BCUT2D eigenvalue weighted by atomic mass is 79.9. The van der Waals surface area contributed by atoms with Crippen LogP contribution in [0.4, 0.5) is 5.69 Å². The Labute approximate surface area is 159 Å². The number of carbonyl (C=O) groups excluding carboxylic acids is 2. The number of nitrogens with zero attached hydrogens (tertiary/aromatic N) is 1. The molecule has 3 rings (SSSR count). The molecule has 0 atom stereocenters. The second-order valence-electron chi connectivity index (χ2n) is 5.56. The van der Waals surface area contributed by atoms with Crippen molar-refractivity contribution in [1.82, 2.24) is 10.3 Å². The average molecular weight is 410 g/mol. The number of rotatable bonds is 5. The molecule has 0 aliphatic rings. The third-order valence-corrected chi connectivity index (χ3v) is 4.40. The topological polar surface area (TPSA) is 71.1 Å². The monoisotopic (exact) mass is 409 g/mol. The Morgan fingerprint density at radius 1 is 0.923 bits per heavy atom. The molecular weight excluding hydrogens is 394 g/mol. The third kappa shape index (κ3) is 4.55. The molecule has 26 heavy (non-hydrogen) atoms. The van der Waals surface area contributed by atoms with Crippen molar-refractivity contribution in [3.8, 4) is 0 Å². The molecule has 1 heterocycles. The van der Waals surface area contributed by atoms with E-state index in [1.807, 2.05) is 30.3 Å². The summed E-state index contributed by atoms with van der Waals surface area (Å²) in [7, 11) is 0. The van der Waals surface area contributed by atoms with Crippen LogP contribution >= 0.6 is 15.9 Å². The highest BCUT2D eigenvalue weighted by molar-refractivity contribution is 9.10. The number of anilines is 1. The molecule has 0 saturated carbocycles. The van der Waals surface area contributed by atoms with E-state index in [0.717, 1.165) is 10.0 Å². The molecule has 0 aliphatic carbocycles. The van der Waals surface area contributed by atoms with Crippen molar-refractivity contribution in [1.29, 1.82) is 0 Å². The molecule has 2 N–H and O–H groups in total. The first-order chi connectivity index (χ1) is 12.6. The van der Waals surface area contributed by atoms with Gasteiger partial charge >= 0.3 is 0 Å². The van der Waals surface area contributed by atoms with Crippen LogP contribution in [0.1, 0.15) is 26.3 Å². The normalized spacial score (nSPS) is 10.2. The molecule has 2 aromatic carbocycles. The lowest BCUT2D eigenvalue weighted by molar-refractivity contribution is 0.0949. The predicted octanol–water partition coefficient (Wildman–Crippen LogP) is 4.03. The van der Waals surface area contributed by atoms with Crippen LogP contribution in [0.3, 0.4) is 0 Å². The zero-order valence-electron chi connectivity index (χ0n) is 13.8. The van der Waals surface area contributed by atoms with E-state index >= 15 is 0 Å². The van der Waals surface area contributed by atoms with Crippen LogP contribution in [-0.2, 0) is 6.54 Å². The summed E-state index contributed by atoms with van der Waals surface area (Å²) in [5, 5.41) is 5.69. The van der Waals surface area contributed by atoms with Gasteiger partial charge < -0.3 is 10.6 Å². The molecule has 130 valence electrons. The fraction of sp³-hybridized carbons (Fsp3) is 0.0500.